The van der Waals surface area contributed by atoms with E-state index in [1.807, 2.05) is 6.07 Å². The summed E-state index contributed by atoms with van der Waals surface area (Å²) in [6.45, 7) is 9.03. The van der Waals surface area contributed by atoms with Gasteiger partial charge in [0.1, 0.15) is 5.82 Å². The van der Waals surface area contributed by atoms with E-state index in [9.17, 15) is 0 Å². The third kappa shape index (κ3) is 1.59. The van der Waals surface area contributed by atoms with E-state index in [0.717, 1.165) is 5.82 Å². The van der Waals surface area contributed by atoms with Crippen LogP contribution < -0.4 is 5.32 Å². The van der Waals surface area contributed by atoms with Crippen LogP contribution in [0.15, 0.2) is 12.1 Å². The number of nitrogens with zero attached hydrogens (tertiary/aromatic N) is 2. The smallest absolute Gasteiger partial charge is 0.151 e. The van der Waals surface area contributed by atoms with Crippen molar-refractivity contribution >= 4 is 17.4 Å². The summed E-state index contributed by atoms with van der Waals surface area (Å²) in [7, 11) is 0. The van der Waals surface area contributed by atoms with Crippen molar-refractivity contribution in [1.29, 1.82) is 0 Å². The largest absolute Gasteiger partial charge is 0.365 e. The maximum atomic E-state index is 5.67. The number of halogens is 1. The van der Waals surface area contributed by atoms with E-state index >= 15 is 0 Å². The van der Waals surface area contributed by atoms with Crippen LogP contribution in [0.1, 0.15) is 27.7 Å². The SMILES string of the molecule is CC1(C)C(Nc2ccc(Cl)nn2)C1(C)C. The third-order valence-corrected chi connectivity index (χ3v) is 4.15. The van der Waals surface area contributed by atoms with Crippen molar-refractivity contribution in [3.63, 3.8) is 0 Å². The number of hydrogen-bond acceptors (Lipinski definition) is 3. The molecular formula is C11H16ClN3. The monoisotopic (exact) mass is 225 g/mol. The highest BCUT2D eigenvalue weighted by molar-refractivity contribution is 6.29. The van der Waals surface area contributed by atoms with Gasteiger partial charge in [0.2, 0.25) is 0 Å². The zero-order valence-corrected chi connectivity index (χ0v) is 10.3. The molecule has 82 valence electrons. The van der Waals surface area contributed by atoms with Crippen molar-refractivity contribution in [2.24, 2.45) is 10.8 Å². The molecule has 0 amide bonds. The summed E-state index contributed by atoms with van der Waals surface area (Å²) in [6, 6.07) is 4.06. The Morgan fingerprint density at radius 1 is 1.13 bits per heavy atom. The van der Waals surface area contributed by atoms with Gasteiger partial charge >= 0.3 is 0 Å². The first kappa shape index (κ1) is 10.7. The molecule has 4 heteroatoms. The molecule has 0 bridgehead atoms. The molecule has 3 nitrogen and oxygen atoms in total. The fourth-order valence-electron chi connectivity index (χ4n) is 2.10. The molecule has 0 aliphatic heterocycles. The minimum absolute atomic E-state index is 0.300. The molecule has 15 heavy (non-hydrogen) atoms. The van der Waals surface area contributed by atoms with Gasteiger partial charge in [-0.1, -0.05) is 39.3 Å². The Morgan fingerprint density at radius 3 is 2.13 bits per heavy atom. The first-order chi connectivity index (χ1) is 6.85. The Kier molecular flexibility index (Phi) is 2.19. The van der Waals surface area contributed by atoms with Crippen LogP contribution in [0.25, 0.3) is 0 Å². The van der Waals surface area contributed by atoms with Crippen molar-refractivity contribution in [3.8, 4) is 0 Å². The molecule has 1 heterocycles. The fourth-order valence-corrected chi connectivity index (χ4v) is 2.20. The molecule has 0 atom stereocenters. The second-order valence-corrected chi connectivity index (χ2v) is 5.65. The van der Waals surface area contributed by atoms with Crippen LogP contribution in [-0.2, 0) is 0 Å². The van der Waals surface area contributed by atoms with E-state index in [-0.39, 0.29) is 0 Å². The Hall–Kier alpha value is -0.830. The quantitative estimate of drug-likeness (QED) is 0.841. The normalized spacial score (nSPS) is 22.5. The predicted molar refractivity (Wildman–Crippen MR) is 62.0 cm³/mol. The molecule has 0 aromatic carbocycles. The molecular weight excluding hydrogens is 210 g/mol. The van der Waals surface area contributed by atoms with E-state index in [1.165, 1.54) is 0 Å². The van der Waals surface area contributed by atoms with Gasteiger partial charge in [0.05, 0.1) is 0 Å². The third-order valence-electron chi connectivity index (χ3n) is 3.94. The van der Waals surface area contributed by atoms with E-state index in [0.29, 0.717) is 22.0 Å². The van der Waals surface area contributed by atoms with E-state index in [2.05, 4.69) is 43.2 Å². The highest BCUT2D eigenvalue weighted by Crippen LogP contribution is 2.63. The lowest BCUT2D eigenvalue weighted by Crippen LogP contribution is -2.11. The molecule has 2 rings (SSSR count). The van der Waals surface area contributed by atoms with Gasteiger partial charge in [-0.3, -0.25) is 0 Å². The number of hydrogen-bond donors (Lipinski definition) is 1. The van der Waals surface area contributed by atoms with Crippen LogP contribution in [0.4, 0.5) is 5.82 Å². The van der Waals surface area contributed by atoms with Crippen molar-refractivity contribution in [2.75, 3.05) is 5.32 Å². The number of anilines is 1. The van der Waals surface area contributed by atoms with Gasteiger partial charge in [0, 0.05) is 6.04 Å². The first-order valence-corrected chi connectivity index (χ1v) is 5.49. The van der Waals surface area contributed by atoms with Gasteiger partial charge < -0.3 is 5.32 Å². The van der Waals surface area contributed by atoms with Crippen LogP contribution >= 0.6 is 11.6 Å². The topological polar surface area (TPSA) is 37.8 Å². The standard InChI is InChI=1S/C11H16ClN3/c1-10(2)9(11(10,3)4)13-8-6-5-7(12)14-15-8/h5-6,9H,1-4H3,(H,13,15). The average Bonchev–Trinajstić information content (AvgIpc) is 2.52. The Morgan fingerprint density at radius 2 is 1.73 bits per heavy atom. The summed E-state index contributed by atoms with van der Waals surface area (Å²) in [5, 5.41) is 11.6. The van der Waals surface area contributed by atoms with Crippen molar-refractivity contribution in [1.82, 2.24) is 10.2 Å². The van der Waals surface area contributed by atoms with E-state index < -0.39 is 0 Å². The molecule has 1 saturated carbocycles. The molecule has 1 fully saturated rings. The predicted octanol–water partition coefficient (Wildman–Crippen LogP) is 2.98. The van der Waals surface area contributed by atoms with Gasteiger partial charge in [0.15, 0.2) is 5.15 Å². The van der Waals surface area contributed by atoms with Crippen LogP contribution in [0.5, 0.6) is 0 Å². The fraction of sp³-hybridized carbons (Fsp3) is 0.636. The van der Waals surface area contributed by atoms with Crippen LogP contribution in [0, 0.1) is 10.8 Å². The number of rotatable bonds is 2. The molecule has 0 radical (unpaired) electrons. The molecule has 1 aliphatic carbocycles. The lowest BCUT2D eigenvalue weighted by molar-refractivity contribution is 0.457. The van der Waals surface area contributed by atoms with Gasteiger partial charge in [-0.25, -0.2) is 0 Å². The second kappa shape index (κ2) is 3.08. The van der Waals surface area contributed by atoms with Crippen molar-refractivity contribution in [2.45, 2.75) is 33.7 Å². The molecule has 0 unspecified atom stereocenters. The number of aromatic nitrogens is 2. The summed E-state index contributed by atoms with van der Waals surface area (Å²) in [5.41, 5.74) is 0.600. The summed E-state index contributed by atoms with van der Waals surface area (Å²) >= 11 is 5.67. The first-order valence-electron chi connectivity index (χ1n) is 5.11. The minimum atomic E-state index is 0.300. The lowest BCUT2D eigenvalue weighted by Gasteiger charge is -2.05. The van der Waals surface area contributed by atoms with Crippen LogP contribution in [0.3, 0.4) is 0 Å². The van der Waals surface area contributed by atoms with E-state index in [1.54, 1.807) is 6.07 Å². The highest BCUT2D eigenvalue weighted by atomic mass is 35.5. The second-order valence-electron chi connectivity index (χ2n) is 5.26. The van der Waals surface area contributed by atoms with E-state index in [4.69, 9.17) is 11.6 Å². The molecule has 0 spiro atoms. The average molecular weight is 226 g/mol. The zero-order valence-electron chi connectivity index (χ0n) is 9.50. The maximum absolute atomic E-state index is 5.67. The minimum Gasteiger partial charge on any atom is -0.365 e. The summed E-state index contributed by atoms with van der Waals surface area (Å²) in [6.07, 6.45) is 0. The summed E-state index contributed by atoms with van der Waals surface area (Å²) in [4.78, 5) is 0. The van der Waals surface area contributed by atoms with Crippen LogP contribution in [0.2, 0.25) is 5.15 Å². The van der Waals surface area contributed by atoms with Crippen molar-refractivity contribution < 1.29 is 0 Å². The van der Waals surface area contributed by atoms with Crippen molar-refractivity contribution in [3.05, 3.63) is 17.3 Å². The summed E-state index contributed by atoms with van der Waals surface area (Å²) < 4.78 is 0. The number of nitrogens with one attached hydrogen (secondary N) is 1. The molecule has 1 aromatic rings. The molecule has 1 N–H and O–H groups in total. The molecule has 0 saturated heterocycles. The van der Waals surface area contributed by atoms with Gasteiger partial charge in [-0.2, -0.15) is 0 Å². The van der Waals surface area contributed by atoms with Gasteiger partial charge in [-0.05, 0) is 23.0 Å². The Bertz CT molecular complexity index is 356. The summed E-state index contributed by atoms with van der Waals surface area (Å²) in [5.74, 6) is 0.794. The maximum Gasteiger partial charge on any atom is 0.151 e. The molecule has 1 aromatic heterocycles. The van der Waals surface area contributed by atoms with Gasteiger partial charge in [-0.15, -0.1) is 10.2 Å². The van der Waals surface area contributed by atoms with Gasteiger partial charge in [0.25, 0.3) is 0 Å². The Balaban J connectivity index is 2.09. The molecule has 1 aliphatic rings. The van der Waals surface area contributed by atoms with Crippen LogP contribution in [-0.4, -0.2) is 16.2 Å². The zero-order chi connectivity index (χ0) is 11.3. The lowest BCUT2D eigenvalue weighted by atomic mass is 10.0. The Labute approximate surface area is 95.2 Å². The highest BCUT2D eigenvalue weighted by Gasteiger charge is 2.65.